The van der Waals surface area contributed by atoms with Crippen LogP contribution in [-0.4, -0.2) is 0 Å². The zero-order valence-corrected chi connectivity index (χ0v) is 13.9. The fourth-order valence-electron chi connectivity index (χ4n) is 3.30. The van der Waals surface area contributed by atoms with E-state index in [4.69, 9.17) is 0 Å². The average Bonchev–Trinajstić information content (AvgIpc) is 2.58. The van der Waals surface area contributed by atoms with Crippen molar-refractivity contribution in [2.24, 2.45) is 0 Å². The van der Waals surface area contributed by atoms with Crippen LogP contribution in [0.25, 0.3) is 0 Å². The molecule has 0 saturated heterocycles. The summed E-state index contributed by atoms with van der Waals surface area (Å²) < 4.78 is 0. The Morgan fingerprint density at radius 3 is 1.09 bits per heavy atom. The van der Waals surface area contributed by atoms with Crippen LogP contribution >= 0.6 is 7.26 Å². The monoisotopic (exact) mass is 304 g/mol. The first kappa shape index (κ1) is 14.8. The van der Waals surface area contributed by atoms with Gasteiger partial charge < -0.3 is 0 Å². The molecule has 0 atom stereocenters. The molecule has 0 heterocycles. The molecule has 0 amide bonds. The maximum atomic E-state index is 4.42. The Balaban J connectivity index is 2.37. The zero-order valence-electron chi connectivity index (χ0n) is 12.9. The summed E-state index contributed by atoms with van der Waals surface area (Å²) >= 11 is 0. The molecule has 3 aromatic carbocycles. The van der Waals surface area contributed by atoms with Crippen molar-refractivity contribution in [3.8, 4) is 0 Å². The summed E-state index contributed by atoms with van der Waals surface area (Å²) in [7, 11) is -2.20. The van der Waals surface area contributed by atoms with Gasteiger partial charge in [-0.15, -0.1) is 0 Å². The summed E-state index contributed by atoms with van der Waals surface area (Å²) in [6, 6.07) is 32.5. The maximum absolute atomic E-state index is 4.42. The second-order valence-corrected chi connectivity index (χ2v) is 9.71. The second-order valence-electron chi connectivity index (χ2n) is 5.63. The normalized spacial score (nSPS) is 11.9. The molecule has 22 heavy (non-hydrogen) atoms. The van der Waals surface area contributed by atoms with Crippen LogP contribution in [-0.2, 0) is 0 Å². The molecule has 0 bridgehead atoms. The van der Waals surface area contributed by atoms with Crippen LogP contribution in [0.3, 0.4) is 0 Å². The van der Waals surface area contributed by atoms with E-state index < -0.39 is 7.26 Å². The summed E-state index contributed by atoms with van der Waals surface area (Å²) in [6.45, 7) is 6.60. The van der Waals surface area contributed by atoms with Crippen molar-refractivity contribution in [1.29, 1.82) is 0 Å². The Kier molecular flexibility index (Phi) is 4.22. The third-order valence-electron chi connectivity index (χ3n) is 4.26. The number of benzene rings is 3. The predicted octanol–water partition coefficient (Wildman–Crippen LogP) is 4.25. The van der Waals surface area contributed by atoms with Gasteiger partial charge in [-0.25, -0.2) is 0 Å². The molecule has 0 aromatic heterocycles. The number of hydrogen-bond acceptors (Lipinski definition) is 0. The summed E-state index contributed by atoms with van der Waals surface area (Å²) in [6.07, 6.45) is 0. The first-order valence-electron chi connectivity index (χ1n) is 7.59. The molecule has 110 valence electrons. The second kappa shape index (κ2) is 6.30. The quantitative estimate of drug-likeness (QED) is 0.632. The minimum atomic E-state index is -2.20. The van der Waals surface area contributed by atoms with E-state index in [2.05, 4.69) is 104 Å². The molecule has 0 N–H and O–H groups in total. The standard InChI is InChI=1S/C21H21P/c1-18(2)22(19-12-6-3-7-13-19,20-14-8-4-9-15-20)21-16-10-5-11-17-21/h3-17,22H,1H2,2H3. The first-order chi connectivity index (χ1) is 10.8. The van der Waals surface area contributed by atoms with Crippen molar-refractivity contribution in [3.63, 3.8) is 0 Å². The summed E-state index contributed by atoms with van der Waals surface area (Å²) in [4.78, 5) is 0. The van der Waals surface area contributed by atoms with Gasteiger partial charge in [0.05, 0.1) is 0 Å². The molecular weight excluding hydrogens is 283 g/mol. The van der Waals surface area contributed by atoms with Gasteiger partial charge in [-0.3, -0.25) is 0 Å². The van der Waals surface area contributed by atoms with Gasteiger partial charge in [0.25, 0.3) is 0 Å². The van der Waals surface area contributed by atoms with E-state index in [-0.39, 0.29) is 0 Å². The molecule has 0 saturated carbocycles. The Hall–Kier alpha value is -2.17. The van der Waals surface area contributed by atoms with Gasteiger partial charge in [-0.05, 0) is 0 Å². The van der Waals surface area contributed by atoms with Crippen molar-refractivity contribution in [2.45, 2.75) is 6.92 Å². The Morgan fingerprint density at radius 1 is 0.591 bits per heavy atom. The Labute approximate surface area is 133 Å². The van der Waals surface area contributed by atoms with E-state index >= 15 is 0 Å². The van der Waals surface area contributed by atoms with Gasteiger partial charge in [0.15, 0.2) is 0 Å². The molecule has 0 aliphatic rings. The van der Waals surface area contributed by atoms with Crippen LogP contribution in [0.2, 0.25) is 0 Å². The van der Waals surface area contributed by atoms with Gasteiger partial charge in [0.2, 0.25) is 0 Å². The molecule has 0 nitrogen and oxygen atoms in total. The molecule has 0 spiro atoms. The SMILES string of the molecule is C=C(C)[PH](c1ccccc1)(c1ccccc1)c1ccccc1. The van der Waals surface area contributed by atoms with E-state index in [1.54, 1.807) is 0 Å². The zero-order chi connectivity index (χ0) is 15.4. The van der Waals surface area contributed by atoms with Crippen molar-refractivity contribution in [3.05, 3.63) is 103 Å². The minimum absolute atomic E-state index is 1.26. The Bertz CT molecular complexity index is 649. The summed E-state index contributed by atoms with van der Waals surface area (Å²) in [5.41, 5.74) is 0. The van der Waals surface area contributed by atoms with Gasteiger partial charge in [0, 0.05) is 0 Å². The molecule has 0 radical (unpaired) electrons. The van der Waals surface area contributed by atoms with E-state index in [1.165, 1.54) is 21.2 Å². The summed E-state index contributed by atoms with van der Waals surface area (Å²) in [5.74, 6) is 0. The van der Waals surface area contributed by atoms with Gasteiger partial charge in [0.1, 0.15) is 0 Å². The van der Waals surface area contributed by atoms with Crippen LogP contribution in [0.4, 0.5) is 0 Å². The van der Waals surface area contributed by atoms with E-state index in [0.717, 1.165) is 0 Å². The van der Waals surface area contributed by atoms with Gasteiger partial charge in [-0.1, -0.05) is 0 Å². The average molecular weight is 304 g/mol. The molecule has 3 aromatic rings. The third kappa shape index (κ3) is 2.40. The predicted molar refractivity (Wildman–Crippen MR) is 101 cm³/mol. The van der Waals surface area contributed by atoms with Gasteiger partial charge in [-0.2, -0.15) is 0 Å². The van der Waals surface area contributed by atoms with E-state index in [0.29, 0.717) is 0 Å². The number of hydrogen-bond donors (Lipinski definition) is 0. The molecule has 0 aliphatic carbocycles. The van der Waals surface area contributed by atoms with Crippen LogP contribution in [0.1, 0.15) is 6.92 Å². The van der Waals surface area contributed by atoms with Crippen LogP contribution < -0.4 is 15.9 Å². The fourth-order valence-corrected chi connectivity index (χ4v) is 7.86. The number of allylic oxidation sites excluding steroid dienone is 1. The van der Waals surface area contributed by atoms with Crippen molar-refractivity contribution in [2.75, 3.05) is 0 Å². The van der Waals surface area contributed by atoms with Crippen molar-refractivity contribution < 1.29 is 0 Å². The molecule has 0 aliphatic heterocycles. The van der Waals surface area contributed by atoms with Crippen molar-refractivity contribution in [1.82, 2.24) is 0 Å². The fraction of sp³-hybridized carbons (Fsp3) is 0.0476. The van der Waals surface area contributed by atoms with Crippen molar-refractivity contribution >= 4 is 23.2 Å². The molecular formula is C21H21P. The van der Waals surface area contributed by atoms with Crippen LogP contribution in [0.15, 0.2) is 103 Å². The van der Waals surface area contributed by atoms with Gasteiger partial charge >= 0.3 is 133 Å². The molecule has 3 rings (SSSR count). The first-order valence-corrected chi connectivity index (χ1v) is 9.59. The topological polar surface area (TPSA) is 0 Å². The van der Waals surface area contributed by atoms with E-state index in [1.807, 2.05) is 0 Å². The third-order valence-corrected chi connectivity index (χ3v) is 9.14. The number of rotatable bonds is 4. The molecule has 0 unspecified atom stereocenters. The summed E-state index contributed by atoms with van der Waals surface area (Å²) in [5, 5.41) is 5.43. The van der Waals surface area contributed by atoms with Crippen LogP contribution in [0.5, 0.6) is 0 Å². The molecule has 1 heteroatoms. The van der Waals surface area contributed by atoms with Crippen LogP contribution in [0, 0.1) is 0 Å². The molecule has 0 fully saturated rings. The Morgan fingerprint density at radius 2 is 0.864 bits per heavy atom. The van der Waals surface area contributed by atoms with E-state index in [9.17, 15) is 0 Å².